The maximum atomic E-state index is 11.5. The van der Waals surface area contributed by atoms with Gasteiger partial charge in [-0.15, -0.1) is 0 Å². The smallest absolute Gasteiger partial charge is 0.261 e. The first-order chi connectivity index (χ1) is 7.91. The molecule has 0 unspecified atom stereocenters. The van der Waals surface area contributed by atoms with Gasteiger partial charge in [0.1, 0.15) is 0 Å². The van der Waals surface area contributed by atoms with Crippen molar-refractivity contribution in [2.45, 2.75) is 4.90 Å². The quantitative estimate of drug-likeness (QED) is 0.623. The van der Waals surface area contributed by atoms with Crippen molar-refractivity contribution in [1.82, 2.24) is 0 Å². The average molecular weight is 272 g/mol. The molecule has 0 aliphatic rings. The molecule has 2 aromatic rings. The first kappa shape index (κ1) is 12.2. The lowest BCUT2D eigenvalue weighted by atomic mass is 10.1. The molecular formula is C12H12ClNO2S. The molecule has 0 radical (unpaired) electrons. The van der Waals surface area contributed by atoms with Gasteiger partial charge in [-0.3, -0.25) is 0 Å². The Morgan fingerprint density at radius 2 is 1.59 bits per heavy atom. The molecule has 0 spiro atoms. The summed E-state index contributed by atoms with van der Waals surface area (Å²) in [5, 5.41) is 1.52. The topological polar surface area (TPSA) is 37.4 Å². The van der Waals surface area contributed by atoms with Crippen LogP contribution >= 0.6 is 10.7 Å². The summed E-state index contributed by atoms with van der Waals surface area (Å²) < 4.78 is 23.0. The van der Waals surface area contributed by atoms with Crippen LogP contribution in [0, 0.1) is 0 Å². The lowest BCUT2D eigenvalue weighted by molar-refractivity contribution is 0.610. The predicted octanol–water partition coefficient (Wildman–Crippen LogP) is 2.83. The van der Waals surface area contributed by atoms with E-state index in [0.29, 0.717) is 5.39 Å². The van der Waals surface area contributed by atoms with Crippen molar-refractivity contribution < 1.29 is 8.42 Å². The molecule has 17 heavy (non-hydrogen) atoms. The van der Waals surface area contributed by atoms with Crippen molar-refractivity contribution in [1.29, 1.82) is 0 Å². The van der Waals surface area contributed by atoms with Crippen LogP contribution in [0.4, 0.5) is 5.69 Å². The lowest BCUT2D eigenvalue weighted by Crippen LogP contribution is -2.09. The Balaban J connectivity index is 2.89. The van der Waals surface area contributed by atoms with Gasteiger partial charge in [0.05, 0.1) is 4.90 Å². The molecule has 0 saturated heterocycles. The summed E-state index contributed by atoms with van der Waals surface area (Å²) in [5.41, 5.74) is 0.963. The van der Waals surface area contributed by atoms with Crippen molar-refractivity contribution >= 4 is 36.2 Å². The van der Waals surface area contributed by atoms with E-state index in [9.17, 15) is 8.42 Å². The highest BCUT2D eigenvalue weighted by Gasteiger charge is 2.15. The number of nitrogens with zero attached hydrogens (tertiary/aromatic N) is 1. The number of fused-ring (bicyclic) bond motifs is 1. The van der Waals surface area contributed by atoms with Crippen molar-refractivity contribution in [3.05, 3.63) is 36.4 Å². The van der Waals surface area contributed by atoms with Crippen molar-refractivity contribution in [3.8, 4) is 0 Å². The van der Waals surface area contributed by atoms with E-state index in [0.717, 1.165) is 11.1 Å². The number of hydrogen-bond donors (Lipinski definition) is 0. The molecule has 3 nitrogen and oxygen atoms in total. The highest BCUT2D eigenvalue weighted by molar-refractivity contribution is 8.14. The van der Waals surface area contributed by atoms with Crippen molar-refractivity contribution in [3.63, 3.8) is 0 Å². The van der Waals surface area contributed by atoms with Gasteiger partial charge < -0.3 is 4.90 Å². The van der Waals surface area contributed by atoms with E-state index in [-0.39, 0.29) is 4.90 Å². The Hall–Kier alpha value is -1.26. The van der Waals surface area contributed by atoms with Gasteiger partial charge >= 0.3 is 0 Å². The van der Waals surface area contributed by atoms with Crippen molar-refractivity contribution in [2.24, 2.45) is 0 Å². The molecule has 0 fully saturated rings. The Bertz CT molecular complexity index is 665. The number of hydrogen-bond acceptors (Lipinski definition) is 3. The largest absolute Gasteiger partial charge is 0.377 e. The molecule has 2 rings (SSSR count). The van der Waals surface area contributed by atoms with E-state index in [2.05, 4.69) is 0 Å². The van der Waals surface area contributed by atoms with Gasteiger partial charge in [0, 0.05) is 41.2 Å². The fourth-order valence-corrected chi connectivity index (χ4v) is 2.95. The standard InChI is InChI=1S/C12H12ClNO2S/c1-14(2)11-7-3-6-10-9(11)5-4-8-12(10)17(13,15)16/h3-8H,1-2H3/i1+1,2+1. The van der Waals surface area contributed by atoms with Gasteiger partial charge in [-0.25, -0.2) is 8.42 Å². The van der Waals surface area contributed by atoms with Gasteiger partial charge in [-0.1, -0.05) is 24.3 Å². The van der Waals surface area contributed by atoms with Crippen LogP contribution in [0.1, 0.15) is 0 Å². The molecule has 0 aliphatic heterocycles. The number of anilines is 1. The Kier molecular flexibility index (Phi) is 3.02. The monoisotopic (exact) mass is 271 g/mol. The van der Waals surface area contributed by atoms with E-state index in [1.165, 1.54) is 6.07 Å². The molecule has 0 heterocycles. The third-order valence-electron chi connectivity index (χ3n) is 2.60. The second-order valence-corrected chi connectivity index (χ2v) is 6.50. The SMILES string of the molecule is [13CH3]N([13CH3])c1cccc2c(S(=O)(=O)Cl)cccc12. The lowest BCUT2D eigenvalue weighted by Gasteiger charge is -2.16. The van der Waals surface area contributed by atoms with E-state index in [1.807, 2.05) is 37.2 Å². The normalized spacial score (nSPS) is 11.7. The molecule has 0 amide bonds. The number of halogens is 1. The fourth-order valence-electron chi connectivity index (χ4n) is 1.87. The van der Waals surface area contributed by atoms with Crippen LogP contribution < -0.4 is 4.90 Å². The zero-order valence-corrected chi connectivity index (χ0v) is 11.1. The zero-order chi connectivity index (χ0) is 12.6. The molecule has 0 N–H and O–H groups in total. The van der Waals surface area contributed by atoms with Gasteiger partial charge in [0.2, 0.25) is 0 Å². The van der Waals surface area contributed by atoms with E-state index >= 15 is 0 Å². The van der Waals surface area contributed by atoms with Gasteiger partial charge in [0.15, 0.2) is 0 Å². The molecule has 2 aromatic carbocycles. The first-order valence-electron chi connectivity index (χ1n) is 5.05. The third kappa shape index (κ3) is 2.23. The second kappa shape index (κ2) is 4.20. The Morgan fingerprint density at radius 3 is 2.18 bits per heavy atom. The first-order valence-corrected chi connectivity index (χ1v) is 7.36. The summed E-state index contributed by atoms with van der Waals surface area (Å²) in [7, 11) is 5.54. The molecule has 0 bridgehead atoms. The van der Waals surface area contributed by atoms with Gasteiger partial charge in [0.25, 0.3) is 9.05 Å². The zero-order valence-electron chi connectivity index (χ0n) is 9.51. The molecule has 0 atom stereocenters. The van der Waals surface area contributed by atoms with Crippen LogP contribution in [0.3, 0.4) is 0 Å². The molecule has 5 heteroatoms. The average Bonchev–Trinajstić information content (AvgIpc) is 2.26. The second-order valence-electron chi connectivity index (χ2n) is 3.96. The van der Waals surface area contributed by atoms with Crippen LogP contribution in [0.15, 0.2) is 41.3 Å². The minimum atomic E-state index is -3.72. The Morgan fingerprint density at radius 1 is 1.00 bits per heavy atom. The minimum Gasteiger partial charge on any atom is -0.377 e. The van der Waals surface area contributed by atoms with Crippen LogP contribution in [0.5, 0.6) is 0 Å². The molecule has 90 valence electrons. The summed E-state index contributed by atoms with van der Waals surface area (Å²) in [6.45, 7) is 0. The summed E-state index contributed by atoms with van der Waals surface area (Å²) in [6.07, 6.45) is 0. The van der Waals surface area contributed by atoms with Gasteiger partial charge in [-0.05, 0) is 12.1 Å². The van der Waals surface area contributed by atoms with Crippen LogP contribution in [-0.4, -0.2) is 22.5 Å². The predicted molar refractivity (Wildman–Crippen MR) is 71.3 cm³/mol. The van der Waals surface area contributed by atoms with Crippen LogP contribution in [0.25, 0.3) is 10.8 Å². The molecular weight excluding hydrogens is 260 g/mol. The van der Waals surface area contributed by atoms with E-state index in [1.54, 1.807) is 12.1 Å². The highest BCUT2D eigenvalue weighted by atomic mass is 35.7. The van der Waals surface area contributed by atoms with Crippen LogP contribution in [0.2, 0.25) is 0 Å². The summed E-state index contributed by atoms with van der Waals surface area (Å²) >= 11 is 0. The molecule has 0 saturated carbocycles. The fraction of sp³-hybridized carbons (Fsp3) is 0.167. The summed E-state index contributed by atoms with van der Waals surface area (Å²) in [5.74, 6) is 0. The maximum absolute atomic E-state index is 11.5. The number of rotatable bonds is 2. The van der Waals surface area contributed by atoms with Crippen LogP contribution in [-0.2, 0) is 9.05 Å². The van der Waals surface area contributed by atoms with Gasteiger partial charge in [-0.2, -0.15) is 0 Å². The third-order valence-corrected chi connectivity index (χ3v) is 3.98. The maximum Gasteiger partial charge on any atom is 0.261 e. The van der Waals surface area contributed by atoms with E-state index < -0.39 is 9.05 Å². The molecule has 0 aliphatic carbocycles. The van der Waals surface area contributed by atoms with Crippen molar-refractivity contribution in [2.75, 3.05) is 19.0 Å². The Labute approximate surface area is 105 Å². The number of benzene rings is 2. The minimum absolute atomic E-state index is 0.153. The van der Waals surface area contributed by atoms with E-state index in [4.69, 9.17) is 10.7 Å². The summed E-state index contributed by atoms with van der Waals surface area (Å²) in [4.78, 5) is 2.09. The molecule has 0 aromatic heterocycles. The summed E-state index contributed by atoms with van der Waals surface area (Å²) in [6, 6.07) is 10.6. The highest BCUT2D eigenvalue weighted by Crippen LogP contribution is 2.31.